The molecule has 1 unspecified atom stereocenters. The maximum atomic E-state index is 13.6. The lowest BCUT2D eigenvalue weighted by molar-refractivity contribution is -0.132. The fourth-order valence-electron chi connectivity index (χ4n) is 8.46. The molecule has 0 radical (unpaired) electrons. The third-order valence-corrected chi connectivity index (χ3v) is 10.7. The molecule has 0 aliphatic heterocycles. The number of phenolic OH excluding ortho intramolecular Hbond substituents is 1. The minimum absolute atomic E-state index is 0.115. The Labute approximate surface area is 246 Å². The number of carbonyl (C=O) groups excluding carboxylic acids is 2. The standard InChI is InChI=1S/C36H50N2O3/c1-36-21-19-31-30-18-16-29(39)24-26(30)15-17-32(31)33(36)25-27(35(36)41)12-8-6-4-2-3-5-7-9-14-34(40)38-23-20-28-13-10-11-22-37-28/h10-11,13,16,18,22,24,27,31-33,39H,2-9,12,14-15,17,19-21,23,25H2,1H3,(H,38,40)/t27?,31-,32-,33+,36+/m1/s1. The van der Waals surface area contributed by atoms with Crippen molar-refractivity contribution < 1.29 is 14.7 Å². The third kappa shape index (κ3) is 7.21. The highest BCUT2D eigenvalue weighted by Crippen LogP contribution is 2.61. The molecule has 5 nitrogen and oxygen atoms in total. The number of benzene rings is 1. The molecule has 1 aromatic carbocycles. The van der Waals surface area contributed by atoms with E-state index in [1.54, 1.807) is 6.20 Å². The van der Waals surface area contributed by atoms with Crippen LogP contribution < -0.4 is 5.32 Å². The van der Waals surface area contributed by atoms with Crippen LogP contribution in [-0.2, 0) is 22.4 Å². The minimum Gasteiger partial charge on any atom is -0.508 e. The number of hydrogen-bond acceptors (Lipinski definition) is 4. The topological polar surface area (TPSA) is 79.3 Å². The van der Waals surface area contributed by atoms with Crippen molar-refractivity contribution in [3.63, 3.8) is 0 Å². The van der Waals surface area contributed by atoms with Crippen LogP contribution >= 0.6 is 0 Å². The van der Waals surface area contributed by atoms with Crippen molar-refractivity contribution in [1.82, 2.24) is 10.3 Å². The summed E-state index contributed by atoms with van der Waals surface area (Å²) < 4.78 is 0. The molecule has 3 aliphatic carbocycles. The highest BCUT2D eigenvalue weighted by molar-refractivity contribution is 5.89. The number of nitrogens with zero attached hydrogens (tertiary/aromatic N) is 1. The fourth-order valence-corrected chi connectivity index (χ4v) is 8.46. The molecule has 2 saturated carbocycles. The molecule has 1 heterocycles. The van der Waals surface area contributed by atoms with Gasteiger partial charge in [-0.1, -0.05) is 64.0 Å². The summed E-state index contributed by atoms with van der Waals surface area (Å²) in [6.07, 6.45) is 19.2. The van der Waals surface area contributed by atoms with E-state index >= 15 is 0 Å². The predicted molar refractivity (Wildman–Crippen MR) is 164 cm³/mol. The Kier molecular flexibility index (Phi) is 10.2. The first-order chi connectivity index (χ1) is 20.0. The van der Waals surface area contributed by atoms with Crippen LogP contribution in [0.1, 0.15) is 120 Å². The van der Waals surface area contributed by atoms with Crippen molar-refractivity contribution in [3.8, 4) is 5.75 Å². The van der Waals surface area contributed by atoms with Gasteiger partial charge in [-0.15, -0.1) is 0 Å². The van der Waals surface area contributed by atoms with Gasteiger partial charge in [0.1, 0.15) is 11.5 Å². The lowest BCUT2D eigenvalue weighted by atomic mass is 9.55. The number of nitrogens with one attached hydrogen (secondary N) is 1. The molecule has 5 heteroatoms. The maximum Gasteiger partial charge on any atom is 0.220 e. The Morgan fingerprint density at radius 2 is 1.80 bits per heavy atom. The number of aromatic hydroxyl groups is 1. The van der Waals surface area contributed by atoms with Crippen LogP contribution in [0.25, 0.3) is 0 Å². The van der Waals surface area contributed by atoms with E-state index in [4.69, 9.17) is 0 Å². The summed E-state index contributed by atoms with van der Waals surface area (Å²) in [6, 6.07) is 11.8. The molecular weight excluding hydrogens is 508 g/mol. The summed E-state index contributed by atoms with van der Waals surface area (Å²) in [5.74, 6) is 3.09. The van der Waals surface area contributed by atoms with Crippen molar-refractivity contribution in [1.29, 1.82) is 0 Å². The van der Waals surface area contributed by atoms with E-state index in [2.05, 4.69) is 23.3 Å². The summed E-state index contributed by atoms with van der Waals surface area (Å²) in [7, 11) is 0. The molecule has 2 N–H and O–H groups in total. The van der Waals surface area contributed by atoms with E-state index in [-0.39, 0.29) is 17.2 Å². The van der Waals surface area contributed by atoms with Gasteiger partial charge in [-0.3, -0.25) is 14.6 Å². The van der Waals surface area contributed by atoms with Gasteiger partial charge in [-0.2, -0.15) is 0 Å². The quantitative estimate of drug-likeness (QED) is 0.233. The molecule has 0 bridgehead atoms. The van der Waals surface area contributed by atoms with Crippen LogP contribution in [0, 0.1) is 23.2 Å². The normalized spacial score (nSPS) is 26.7. The molecule has 2 aromatic rings. The lowest BCUT2D eigenvalue weighted by Gasteiger charge is -2.48. The zero-order valence-corrected chi connectivity index (χ0v) is 25.1. The number of pyridine rings is 1. The predicted octanol–water partition coefficient (Wildman–Crippen LogP) is 7.70. The molecule has 41 heavy (non-hydrogen) atoms. The van der Waals surface area contributed by atoms with E-state index in [1.165, 1.54) is 49.7 Å². The fraction of sp³-hybridized carbons (Fsp3) is 0.639. The zero-order chi connectivity index (χ0) is 28.7. The number of fused-ring (bicyclic) bond motifs is 5. The number of aryl methyl sites for hydroxylation is 1. The summed E-state index contributed by atoms with van der Waals surface area (Å²) in [6.45, 7) is 2.94. The van der Waals surface area contributed by atoms with Crippen molar-refractivity contribution >= 4 is 11.7 Å². The number of carbonyl (C=O) groups is 2. The van der Waals surface area contributed by atoms with Crippen LogP contribution in [0.5, 0.6) is 5.75 Å². The summed E-state index contributed by atoms with van der Waals surface area (Å²) in [5, 5.41) is 13.0. The van der Waals surface area contributed by atoms with E-state index in [1.807, 2.05) is 30.3 Å². The zero-order valence-electron chi connectivity index (χ0n) is 25.1. The molecule has 5 rings (SSSR count). The first kappa shape index (κ1) is 29.8. The number of Topliss-reactive ketones (excluding diaryl/α,β-unsaturated/α-hetero) is 1. The molecular formula is C36H50N2O3. The SMILES string of the molecule is C[C@]12CC[C@@H]3c4ccc(O)cc4CC[C@H]3[C@@H]1CC(CCCCCCCCCCC(=O)NCCc1ccccn1)C2=O. The number of aromatic nitrogens is 1. The van der Waals surface area contributed by atoms with Crippen molar-refractivity contribution in [2.24, 2.45) is 23.2 Å². The number of phenols is 1. The average molecular weight is 559 g/mol. The second-order valence-corrected chi connectivity index (χ2v) is 13.3. The number of ketones is 1. The van der Waals surface area contributed by atoms with E-state index in [9.17, 15) is 14.7 Å². The van der Waals surface area contributed by atoms with Gasteiger partial charge in [0.15, 0.2) is 0 Å². The van der Waals surface area contributed by atoms with Gasteiger partial charge in [0.05, 0.1) is 0 Å². The van der Waals surface area contributed by atoms with Gasteiger partial charge in [-0.25, -0.2) is 0 Å². The largest absolute Gasteiger partial charge is 0.508 e. The van der Waals surface area contributed by atoms with Crippen LogP contribution in [-0.4, -0.2) is 28.3 Å². The summed E-state index contributed by atoms with van der Waals surface area (Å²) >= 11 is 0. The summed E-state index contributed by atoms with van der Waals surface area (Å²) in [5.41, 5.74) is 3.67. The first-order valence-electron chi connectivity index (χ1n) is 16.5. The molecule has 0 spiro atoms. The molecule has 222 valence electrons. The second-order valence-electron chi connectivity index (χ2n) is 13.3. The molecule has 2 fully saturated rings. The van der Waals surface area contributed by atoms with Gasteiger partial charge in [0.2, 0.25) is 5.91 Å². The van der Waals surface area contributed by atoms with Gasteiger partial charge >= 0.3 is 0 Å². The van der Waals surface area contributed by atoms with Crippen molar-refractivity contribution in [3.05, 3.63) is 59.4 Å². The van der Waals surface area contributed by atoms with Crippen molar-refractivity contribution in [2.45, 2.75) is 116 Å². The van der Waals surface area contributed by atoms with E-state index in [0.717, 1.165) is 63.5 Å². The Morgan fingerprint density at radius 1 is 1.02 bits per heavy atom. The highest BCUT2D eigenvalue weighted by Gasteiger charge is 2.57. The average Bonchev–Trinajstić information content (AvgIpc) is 3.24. The van der Waals surface area contributed by atoms with Crippen LogP contribution in [0.3, 0.4) is 0 Å². The molecule has 1 aromatic heterocycles. The monoisotopic (exact) mass is 558 g/mol. The van der Waals surface area contributed by atoms with Crippen molar-refractivity contribution in [2.75, 3.05) is 6.54 Å². The smallest absolute Gasteiger partial charge is 0.220 e. The lowest BCUT2D eigenvalue weighted by Crippen LogP contribution is -2.42. The van der Waals surface area contributed by atoms with Gasteiger partial charge < -0.3 is 10.4 Å². The van der Waals surface area contributed by atoms with Crippen LogP contribution in [0.2, 0.25) is 0 Å². The molecule has 5 atom stereocenters. The number of hydrogen-bond donors (Lipinski definition) is 2. The number of unbranched alkanes of at least 4 members (excludes halogenated alkanes) is 7. The Balaban J connectivity index is 0.927. The van der Waals surface area contributed by atoms with Gasteiger partial charge in [0, 0.05) is 42.6 Å². The van der Waals surface area contributed by atoms with Gasteiger partial charge in [-0.05, 0) is 98.1 Å². The van der Waals surface area contributed by atoms with Gasteiger partial charge in [0.25, 0.3) is 0 Å². The van der Waals surface area contributed by atoms with Crippen LogP contribution in [0.15, 0.2) is 42.6 Å². The molecule has 0 saturated heterocycles. The number of rotatable bonds is 14. The molecule has 1 amide bonds. The van der Waals surface area contributed by atoms with E-state index < -0.39 is 0 Å². The first-order valence-corrected chi connectivity index (χ1v) is 16.5. The number of amides is 1. The third-order valence-electron chi connectivity index (χ3n) is 10.7. The maximum absolute atomic E-state index is 13.6. The highest BCUT2D eigenvalue weighted by atomic mass is 16.3. The Bertz CT molecular complexity index is 1160. The molecule has 3 aliphatic rings. The minimum atomic E-state index is -0.115. The second kappa shape index (κ2) is 14.0. The Morgan fingerprint density at radius 3 is 2.59 bits per heavy atom. The summed E-state index contributed by atoms with van der Waals surface area (Å²) in [4.78, 5) is 29.9. The van der Waals surface area contributed by atoms with E-state index in [0.29, 0.717) is 42.3 Å². The Hall–Kier alpha value is -2.69. The van der Waals surface area contributed by atoms with Crippen LogP contribution in [0.4, 0.5) is 0 Å².